The average molecular weight is 390 g/mol. The lowest BCUT2D eigenvalue weighted by molar-refractivity contribution is -0.137. The zero-order chi connectivity index (χ0) is 20.4. The molecule has 1 atom stereocenters. The molecule has 27 heavy (non-hydrogen) atoms. The van der Waals surface area contributed by atoms with Crippen molar-refractivity contribution in [2.45, 2.75) is 38.6 Å². The van der Waals surface area contributed by atoms with Gasteiger partial charge in [0.25, 0.3) is 10.0 Å². The van der Waals surface area contributed by atoms with Crippen molar-refractivity contribution in [3.63, 3.8) is 0 Å². The second-order valence-corrected chi connectivity index (χ2v) is 8.05. The Labute approximate surface area is 158 Å². The number of aryl methyl sites for hydroxylation is 1. The minimum Gasteiger partial charge on any atom is -0.480 e. The van der Waals surface area contributed by atoms with Gasteiger partial charge in [0.1, 0.15) is 6.04 Å². The predicted octanol–water partition coefficient (Wildman–Crippen LogP) is 2.93. The second kappa shape index (κ2) is 7.79. The van der Waals surface area contributed by atoms with Crippen LogP contribution in [0, 0.1) is 13.8 Å². The average Bonchev–Trinajstić information content (AvgIpc) is 2.58. The highest BCUT2D eigenvalue weighted by Crippen LogP contribution is 2.31. The number of nitrogens with zero attached hydrogens (tertiary/aromatic N) is 1. The monoisotopic (exact) mass is 390 g/mol. The number of aliphatic carboxylic acids is 1. The third-order valence-corrected chi connectivity index (χ3v) is 6.15. The molecule has 0 aliphatic carbocycles. The summed E-state index contributed by atoms with van der Waals surface area (Å²) in [5.41, 5.74) is 2.30. The van der Waals surface area contributed by atoms with Gasteiger partial charge in [-0.1, -0.05) is 12.1 Å². The molecule has 0 saturated heterocycles. The molecule has 2 N–H and O–H groups in total. The largest absolute Gasteiger partial charge is 0.480 e. The topological polar surface area (TPSA) is 104 Å². The number of anilines is 2. The molecule has 0 saturated carbocycles. The number of amides is 1. The van der Waals surface area contributed by atoms with E-state index >= 15 is 0 Å². The van der Waals surface area contributed by atoms with E-state index in [-0.39, 0.29) is 10.8 Å². The Morgan fingerprint density at radius 2 is 1.67 bits per heavy atom. The Morgan fingerprint density at radius 3 is 2.19 bits per heavy atom. The summed E-state index contributed by atoms with van der Waals surface area (Å²) in [4.78, 5) is 22.7. The summed E-state index contributed by atoms with van der Waals surface area (Å²) in [6, 6.07) is 9.41. The standard InChI is InChI=1S/C19H22N2O5S/c1-12-6-5-7-18(13(12)2)21(14(3)19(23)24)27(25,26)17-10-8-16(9-11-17)20-15(4)22/h5-11,14H,1-4H3,(H,20,22)(H,23,24). The lowest BCUT2D eigenvalue weighted by Gasteiger charge is -2.30. The molecule has 2 aromatic carbocycles. The second-order valence-electron chi connectivity index (χ2n) is 6.24. The molecular weight excluding hydrogens is 368 g/mol. The Morgan fingerprint density at radius 1 is 1.07 bits per heavy atom. The lowest BCUT2D eigenvalue weighted by Crippen LogP contribution is -2.43. The number of benzene rings is 2. The number of carboxylic acids is 1. The van der Waals surface area contributed by atoms with Crippen molar-refractivity contribution >= 4 is 33.3 Å². The van der Waals surface area contributed by atoms with Crippen LogP contribution in [-0.2, 0) is 19.6 Å². The van der Waals surface area contributed by atoms with Gasteiger partial charge in [-0.15, -0.1) is 0 Å². The first-order chi connectivity index (χ1) is 12.6. The maximum Gasteiger partial charge on any atom is 0.327 e. The van der Waals surface area contributed by atoms with Crippen molar-refractivity contribution in [1.82, 2.24) is 0 Å². The molecule has 144 valence electrons. The number of hydrogen-bond donors (Lipinski definition) is 2. The lowest BCUT2D eigenvalue weighted by atomic mass is 10.1. The molecule has 2 aromatic rings. The molecule has 8 heteroatoms. The molecule has 0 fully saturated rings. The maximum absolute atomic E-state index is 13.3. The van der Waals surface area contributed by atoms with E-state index in [2.05, 4.69) is 5.32 Å². The van der Waals surface area contributed by atoms with Crippen molar-refractivity contribution in [3.8, 4) is 0 Å². The molecule has 0 heterocycles. The minimum atomic E-state index is -4.14. The number of carbonyl (C=O) groups excluding carboxylic acids is 1. The molecule has 1 amide bonds. The summed E-state index contributed by atoms with van der Waals surface area (Å²) in [5.74, 6) is -1.53. The summed E-state index contributed by atoms with van der Waals surface area (Å²) >= 11 is 0. The summed E-state index contributed by atoms with van der Waals surface area (Å²) in [5, 5.41) is 12.0. The van der Waals surface area contributed by atoms with Crippen LogP contribution in [0.1, 0.15) is 25.0 Å². The normalized spacial score (nSPS) is 12.3. The van der Waals surface area contributed by atoms with Crippen LogP contribution in [0.15, 0.2) is 47.4 Å². The molecule has 2 rings (SSSR count). The molecule has 0 radical (unpaired) electrons. The molecule has 0 aliphatic rings. The van der Waals surface area contributed by atoms with Gasteiger partial charge in [-0.05, 0) is 62.2 Å². The van der Waals surface area contributed by atoms with E-state index in [9.17, 15) is 23.1 Å². The summed E-state index contributed by atoms with van der Waals surface area (Å²) in [6.07, 6.45) is 0. The SMILES string of the molecule is CC(=O)Nc1ccc(S(=O)(=O)N(c2cccc(C)c2C)C(C)C(=O)O)cc1. The van der Waals surface area contributed by atoms with Crippen LogP contribution in [-0.4, -0.2) is 31.4 Å². The first-order valence-corrected chi connectivity index (χ1v) is 9.71. The van der Waals surface area contributed by atoms with Gasteiger partial charge in [0.2, 0.25) is 5.91 Å². The fraction of sp³-hybridized carbons (Fsp3) is 0.263. The number of carboxylic acid groups (broad SMARTS) is 1. The Balaban J connectivity index is 2.59. The highest BCUT2D eigenvalue weighted by atomic mass is 32.2. The number of rotatable bonds is 6. The van der Waals surface area contributed by atoms with Gasteiger partial charge >= 0.3 is 5.97 Å². The summed E-state index contributed by atoms with van der Waals surface area (Å²) in [7, 11) is -4.14. The molecule has 0 aromatic heterocycles. The summed E-state index contributed by atoms with van der Waals surface area (Å²) < 4.78 is 27.4. The van der Waals surface area contributed by atoms with Gasteiger partial charge < -0.3 is 10.4 Å². The fourth-order valence-electron chi connectivity index (χ4n) is 2.65. The molecule has 0 spiro atoms. The van der Waals surface area contributed by atoms with Gasteiger partial charge in [-0.2, -0.15) is 0 Å². The fourth-order valence-corrected chi connectivity index (χ4v) is 4.32. The van der Waals surface area contributed by atoms with Crippen LogP contribution in [0.3, 0.4) is 0 Å². The van der Waals surface area contributed by atoms with E-state index in [1.807, 2.05) is 13.0 Å². The highest BCUT2D eigenvalue weighted by molar-refractivity contribution is 7.93. The number of hydrogen-bond acceptors (Lipinski definition) is 4. The molecular formula is C19H22N2O5S. The zero-order valence-electron chi connectivity index (χ0n) is 15.6. The van der Waals surface area contributed by atoms with E-state index < -0.39 is 22.0 Å². The molecule has 0 bridgehead atoms. The zero-order valence-corrected chi connectivity index (χ0v) is 16.4. The van der Waals surface area contributed by atoms with Crippen LogP contribution < -0.4 is 9.62 Å². The van der Waals surface area contributed by atoms with Crippen molar-refractivity contribution in [2.75, 3.05) is 9.62 Å². The quantitative estimate of drug-likeness (QED) is 0.789. The van der Waals surface area contributed by atoms with Crippen LogP contribution in [0.2, 0.25) is 0 Å². The van der Waals surface area contributed by atoms with Crippen molar-refractivity contribution in [3.05, 3.63) is 53.6 Å². The van der Waals surface area contributed by atoms with Crippen LogP contribution in [0.4, 0.5) is 11.4 Å². The number of sulfonamides is 1. The van der Waals surface area contributed by atoms with Crippen molar-refractivity contribution in [1.29, 1.82) is 0 Å². The maximum atomic E-state index is 13.3. The van der Waals surface area contributed by atoms with Crippen molar-refractivity contribution < 1.29 is 23.1 Å². The van der Waals surface area contributed by atoms with Crippen LogP contribution in [0.5, 0.6) is 0 Å². The Kier molecular flexibility index (Phi) is 5.90. The Bertz CT molecular complexity index is 968. The van der Waals surface area contributed by atoms with Gasteiger partial charge in [0, 0.05) is 12.6 Å². The van der Waals surface area contributed by atoms with E-state index in [1.54, 1.807) is 19.1 Å². The van der Waals surface area contributed by atoms with Gasteiger partial charge in [-0.25, -0.2) is 13.2 Å². The van der Waals surface area contributed by atoms with Gasteiger partial charge in [-0.3, -0.25) is 9.10 Å². The number of nitrogens with one attached hydrogen (secondary N) is 1. The first-order valence-electron chi connectivity index (χ1n) is 8.27. The number of carbonyl (C=O) groups is 2. The van der Waals surface area contributed by atoms with E-state index in [0.29, 0.717) is 16.9 Å². The predicted molar refractivity (Wildman–Crippen MR) is 103 cm³/mol. The van der Waals surface area contributed by atoms with Gasteiger partial charge in [0.15, 0.2) is 0 Å². The molecule has 7 nitrogen and oxygen atoms in total. The highest BCUT2D eigenvalue weighted by Gasteiger charge is 2.34. The third-order valence-electron chi connectivity index (χ3n) is 4.25. The van der Waals surface area contributed by atoms with E-state index in [4.69, 9.17) is 0 Å². The third kappa shape index (κ3) is 4.28. The minimum absolute atomic E-state index is 0.0643. The van der Waals surface area contributed by atoms with E-state index in [0.717, 1.165) is 9.87 Å². The van der Waals surface area contributed by atoms with Gasteiger partial charge in [0.05, 0.1) is 10.6 Å². The van der Waals surface area contributed by atoms with Crippen molar-refractivity contribution in [2.24, 2.45) is 0 Å². The first kappa shape index (κ1) is 20.4. The Hall–Kier alpha value is -2.87. The smallest absolute Gasteiger partial charge is 0.327 e. The van der Waals surface area contributed by atoms with Crippen LogP contribution >= 0.6 is 0 Å². The van der Waals surface area contributed by atoms with Crippen LogP contribution in [0.25, 0.3) is 0 Å². The molecule has 1 unspecified atom stereocenters. The van der Waals surface area contributed by atoms with E-state index in [1.165, 1.54) is 38.1 Å². The molecule has 0 aliphatic heterocycles. The summed E-state index contributed by atoms with van der Waals surface area (Å²) in [6.45, 7) is 6.26.